The molecule has 0 bridgehead atoms. The van der Waals surface area contributed by atoms with Crippen LogP contribution in [0, 0.1) is 5.92 Å². The quantitative estimate of drug-likeness (QED) is 0.666. The number of ether oxygens (including phenoxy) is 2. The molecule has 0 amide bonds. The smallest absolute Gasteiger partial charge is 0.347 e. The van der Waals surface area contributed by atoms with E-state index in [2.05, 4.69) is 4.74 Å². The third-order valence-corrected chi connectivity index (χ3v) is 2.08. The summed E-state index contributed by atoms with van der Waals surface area (Å²) >= 11 is 0. The van der Waals surface area contributed by atoms with E-state index >= 15 is 0 Å². The number of rotatable bonds is 4. The van der Waals surface area contributed by atoms with Gasteiger partial charge in [0, 0.05) is 6.42 Å². The molecule has 0 aromatic heterocycles. The maximum absolute atomic E-state index is 13.2. The van der Waals surface area contributed by atoms with E-state index < -0.39 is 24.2 Å². The molecular weight excluding hydrogens is 203 g/mol. The van der Waals surface area contributed by atoms with E-state index in [1.54, 1.807) is 0 Å². The van der Waals surface area contributed by atoms with Crippen LogP contribution in [0.2, 0.25) is 0 Å². The molecule has 2 unspecified atom stereocenters. The summed E-state index contributed by atoms with van der Waals surface area (Å²) in [6.45, 7) is 3.85. The first-order chi connectivity index (χ1) is 7.00. The van der Waals surface area contributed by atoms with Crippen molar-refractivity contribution in [1.29, 1.82) is 0 Å². The summed E-state index contributed by atoms with van der Waals surface area (Å²) in [6.07, 6.45) is -2.14. The van der Waals surface area contributed by atoms with Gasteiger partial charge in [-0.1, -0.05) is 13.8 Å². The molecule has 1 aliphatic heterocycles. The van der Waals surface area contributed by atoms with Gasteiger partial charge in [-0.3, -0.25) is 0 Å². The highest BCUT2D eigenvalue weighted by molar-refractivity contribution is 5.82. The number of cyclic esters (lactones) is 1. The highest BCUT2D eigenvalue weighted by Crippen LogP contribution is 2.15. The van der Waals surface area contributed by atoms with Crippen LogP contribution in [0.25, 0.3) is 0 Å². The van der Waals surface area contributed by atoms with Gasteiger partial charge in [0.15, 0.2) is 6.17 Å². The maximum atomic E-state index is 13.2. The number of carbonyl (C=O) groups is 2. The number of esters is 2. The van der Waals surface area contributed by atoms with E-state index in [1.165, 1.54) is 0 Å². The van der Waals surface area contributed by atoms with Crippen molar-refractivity contribution in [2.75, 3.05) is 6.61 Å². The minimum Gasteiger partial charge on any atom is -0.463 e. The van der Waals surface area contributed by atoms with Crippen LogP contribution in [0.15, 0.2) is 0 Å². The van der Waals surface area contributed by atoms with Crippen LogP contribution in [-0.2, 0) is 19.1 Å². The maximum Gasteiger partial charge on any atom is 0.347 e. The summed E-state index contributed by atoms with van der Waals surface area (Å²) in [5.74, 6) is -1.48. The van der Waals surface area contributed by atoms with Crippen molar-refractivity contribution < 1.29 is 23.5 Å². The minimum atomic E-state index is -1.65. The second-order valence-electron chi connectivity index (χ2n) is 3.98. The molecule has 0 aromatic carbocycles. The summed E-state index contributed by atoms with van der Waals surface area (Å²) in [4.78, 5) is 22.1. The Bertz CT molecular complexity index is 252. The number of alkyl halides is 1. The fraction of sp³-hybridized carbons (Fsp3) is 0.800. The average molecular weight is 218 g/mol. The van der Waals surface area contributed by atoms with Gasteiger partial charge in [-0.05, 0) is 12.3 Å². The molecule has 0 spiro atoms. The van der Waals surface area contributed by atoms with Crippen molar-refractivity contribution >= 4 is 11.9 Å². The lowest BCUT2D eigenvalue weighted by Gasteiger charge is -2.12. The van der Waals surface area contributed by atoms with Crippen molar-refractivity contribution in [3.05, 3.63) is 0 Å². The first-order valence-corrected chi connectivity index (χ1v) is 5.02. The summed E-state index contributed by atoms with van der Waals surface area (Å²) < 4.78 is 22.5. The van der Waals surface area contributed by atoms with Crippen molar-refractivity contribution in [2.24, 2.45) is 5.92 Å². The normalized spacial score (nSPS) is 22.7. The zero-order valence-corrected chi connectivity index (χ0v) is 8.86. The van der Waals surface area contributed by atoms with Crippen molar-refractivity contribution in [1.82, 2.24) is 0 Å². The van der Waals surface area contributed by atoms with Crippen LogP contribution in [-0.4, -0.2) is 30.8 Å². The van der Waals surface area contributed by atoms with Crippen molar-refractivity contribution in [3.8, 4) is 0 Å². The molecule has 0 aliphatic carbocycles. The lowest BCUT2D eigenvalue weighted by Crippen LogP contribution is -2.28. The second kappa shape index (κ2) is 5.09. The van der Waals surface area contributed by atoms with E-state index in [0.717, 1.165) is 0 Å². The SMILES string of the molecule is CC(C)CC(F)C(=O)OC1CCOC1=O. The predicted octanol–water partition coefficient (Wildman–Crippen LogP) is 1.23. The van der Waals surface area contributed by atoms with Gasteiger partial charge < -0.3 is 9.47 Å². The standard InChI is InChI=1S/C10H15FO4/c1-6(2)5-7(11)9(12)15-8-3-4-14-10(8)13/h6-8H,3-5H2,1-2H3. The molecule has 4 nitrogen and oxygen atoms in total. The van der Waals surface area contributed by atoms with E-state index in [-0.39, 0.29) is 18.9 Å². The monoisotopic (exact) mass is 218 g/mol. The Morgan fingerprint density at radius 1 is 1.67 bits per heavy atom. The fourth-order valence-corrected chi connectivity index (χ4v) is 1.31. The molecule has 15 heavy (non-hydrogen) atoms. The van der Waals surface area contributed by atoms with Gasteiger partial charge in [0.05, 0.1) is 6.61 Å². The Kier molecular flexibility index (Phi) is 4.05. The van der Waals surface area contributed by atoms with E-state index in [1.807, 2.05) is 13.8 Å². The lowest BCUT2D eigenvalue weighted by atomic mass is 10.1. The molecule has 1 fully saturated rings. The molecule has 1 aliphatic rings. The van der Waals surface area contributed by atoms with Gasteiger partial charge >= 0.3 is 11.9 Å². The third-order valence-electron chi connectivity index (χ3n) is 2.08. The van der Waals surface area contributed by atoms with Crippen molar-refractivity contribution in [2.45, 2.75) is 39.0 Å². The molecule has 2 atom stereocenters. The van der Waals surface area contributed by atoms with Gasteiger partial charge in [-0.25, -0.2) is 14.0 Å². The molecule has 1 rings (SSSR count). The Balaban J connectivity index is 2.37. The molecule has 0 aromatic rings. The first-order valence-electron chi connectivity index (χ1n) is 5.02. The summed E-state index contributed by atoms with van der Waals surface area (Å²) in [7, 11) is 0. The molecule has 0 saturated carbocycles. The molecule has 1 saturated heterocycles. The van der Waals surface area contributed by atoms with Gasteiger partial charge in [0.1, 0.15) is 0 Å². The van der Waals surface area contributed by atoms with Gasteiger partial charge in [-0.2, -0.15) is 0 Å². The minimum absolute atomic E-state index is 0.0723. The van der Waals surface area contributed by atoms with Crippen LogP contribution in [0.3, 0.4) is 0 Å². The number of hydrogen-bond donors (Lipinski definition) is 0. The zero-order valence-electron chi connectivity index (χ0n) is 8.86. The number of hydrogen-bond acceptors (Lipinski definition) is 4. The molecule has 0 radical (unpaired) electrons. The Labute approximate surface area is 87.7 Å². The Morgan fingerprint density at radius 3 is 2.80 bits per heavy atom. The van der Waals surface area contributed by atoms with E-state index in [4.69, 9.17) is 4.74 Å². The van der Waals surface area contributed by atoms with E-state index in [0.29, 0.717) is 6.42 Å². The highest BCUT2D eigenvalue weighted by atomic mass is 19.1. The molecule has 0 N–H and O–H groups in total. The highest BCUT2D eigenvalue weighted by Gasteiger charge is 2.32. The Hall–Kier alpha value is -1.13. The summed E-state index contributed by atoms with van der Waals surface area (Å²) in [5, 5.41) is 0. The average Bonchev–Trinajstić information content (AvgIpc) is 2.50. The van der Waals surface area contributed by atoms with Crippen molar-refractivity contribution in [3.63, 3.8) is 0 Å². The van der Waals surface area contributed by atoms with Crippen LogP contribution in [0.5, 0.6) is 0 Å². The number of carbonyl (C=O) groups excluding carboxylic acids is 2. The predicted molar refractivity (Wildman–Crippen MR) is 49.8 cm³/mol. The van der Waals surface area contributed by atoms with Gasteiger partial charge in [-0.15, -0.1) is 0 Å². The summed E-state index contributed by atoms with van der Waals surface area (Å²) in [5.41, 5.74) is 0. The zero-order chi connectivity index (χ0) is 11.4. The van der Waals surface area contributed by atoms with Gasteiger partial charge in [0.25, 0.3) is 0 Å². The molecule has 86 valence electrons. The van der Waals surface area contributed by atoms with Crippen LogP contribution < -0.4 is 0 Å². The van der Waals surface area contributed by atoms with Gasteiger partial charge in [0.2, 0.25) is 6.10 Å². The first kappa shape index (κ1) is 11.9. The third kappa shape index (κ3) is 3.49. The molecular formula is C10H15FO4. The summed E-state index contributed by atoms with van der Waals surface area (Å²) in [6, 6.07) is 0. The topological polar surface area (TPSA) is 52.6 Å². The largest absolute Gasteiger partial charge is 0.463 e. The number of halogens is 1. The Morgan fingerprint density at radius 2 is 2.33 bits per heavy atom. The molecule has 5 heteroatoms. The second-order valence-corrected chi connectivity index (χ2v) is 3.98. The van der Waals surface area contributed by atoms with E-state index in [9.17, 15) is 14.0 Å². The van der Waals surface area contributed by atoms with Crippen LogP contribution >= 0.6 is 0 Å². The molecule has 1 heterocycles. The fourth-order valence-electron chi connectivity index (χ4n) is 1.31. The lowest BCUT2D eigenvalue weighted by molar-refractivity contribution is -0.164. The van der Waals surface area contributed by atoms with Crippen LogP contribution in [0.1, 0.15) is 26.7 Å². The van der Waals surface area contributed by atoms with Crippen LogP contribution in [0.4, 0.5) is 4.39 Å².